The second-order valence-electron chi connectivity index (χ2n) is 7.91. The van der Waals surface area contributed by atoms with E-state index in [4.69, 9.17) is 0 Å². The lowest BCUT2D eigenvalue weighted by Crippen LogP contribution is -2.44. The first kappa shape index (κ1) is 21.1. The highest BCUT2D eigenvalue weighted by Crippen LogP contribution is 2.14. The maximum absolute atomic E-state index is 4.57. The molecule has 2 aromatic rings. The van der Waals surface area contributed by atoms with E-state index >= 15 is 0 Å². The predicted molar refractivity (Wildman–Crippen MR) is 122 cm³/mol. The Hall–Kier alpha value is -2.60. The standard InChI is InChI=1S/C23H34N6/c1-18-13-19(2)15-20(14-18)5-8-26-23(24-3)27-17-21-6-7-25-22(16-21)29-11-9-28(4)10-12-29/h6-7,13-16H,5,8-12,17H2,1-4H3,(H2,24,26,27). The third-order valence-corrected chi connectivity index (χ3v) is 5.31. The van der Waals surface area contributed by atoms with Crippen molar-refractivity contribution >= 4 is 11.8 Å². The van der Waals surface area contributed by atoms with Crippen molar-refractivity contribution in [1.82, 2.24) is 20.5 Å². The van der Waals surface area contributed by atoms with E-state index in [2.05, 4.69) is 81.6 Å². The van der Waals surface area contributed by atoms with Crippen LogP contribution in [0.3, 0.4) is 0 Å². The van der Waals surface area contributed by atoms with Crippen molar-refractivity contribution in [2.24, 2.45) is 4.99 Å². The van der Waals surface area contributed by atoms with Gasteiger partial charge in [-0.05, 0) is 50.6 Å². The van der Waals surface area contributed by atoms with Crippen molar-refractivity contribution in [3.8, 4) is 0 Å². The molecule has 0 radical (unpaired) electrons. The van der Waals surface area contributed by atoms with Gasteiger partial charge in [-0.15, -0.1) is 0 Å². The first-order chi connectivity index (χ1) is 14.0. The Morgan fingerprint density at radius 3 is 2.41 bits per heavy atom. The van der Waals surface area contributed by atoms with Crippen molar-refractivity contribution in [3.05, 3.63) is 58.8 Å². The lowest BCUT2D eigenvalue weighted by Gasteiger charge is -2.33. The summed E-state index contributed by atoms with van der Waals surface area (Å²) in [5, 5.41) is 6.83. The van der Waals surface area contributed by atoms with Crippen LogP contribution in [-0.2, 0) is 13.0 Å². The maximum Gasteiger partial charge on any atom is 0.191 e. The number of anilines is 1. The Labute approximate surface area is 175 Å². The molecule has 0 unspecified atom stereocenters. The molecule has 6 heteroatoms. The van der Waals surface area contributed by atoms with Crippen LogP contribution in [0.5, 0.6) is 0 Å². The van der Waals surface area contributed by atoms with Gasteiger partial charge in [0.1, 0.15) is 5.82 Å². The molecule has 1 aliphatic rings. The van der Waals surface area contributed by atoms with Crippen LogP contribution in [0.15, 0.2) is 41.5 Å². The van der Waals surface area contributed by atoms with Crippen LogP contribution in [0.1, 0.15) is 22.3 Å². The van der Waals surface area contributed by atoms with Crippen molar-refractivity contribution in [2.45, 2.75) is 26.8 Å². The van der Waals surface area contributed by atoms with E-state index in [-0.39, 0.29) is 0 Å². The van der Waals surface area contributed by atoms with E-state index in [0.29, 0.717) is 0 Å². The summed E-state index contributed by atoms with van der Waals surface area (Å²) in [7, 11) is 3.98. The molecule has 0 bridgehead atoms. The molecule has 29 heavy (non-hydrogen) atoms. The summed E-state index contributed by atoms with van der Waals surface area (Å²) in [6.07, 6.45) is 2.88. The average Bonchev–Trinajstić information content (AvgIpc) is 2.70. The summed E-state index contributed by atoms with van der Waals surface area (Å²) >= 11 is 0. The lowest BCUT2D eigenvalue weighted by atomic mass is 10.1. The van der Waals surface area contributed by atoms with Crippen LogP contribution in [0.2, 0.25) is 0 Å². The number of likely N-dealkylation sites (N-methyl/N-ethyl adjacent to an activating group) is 1. The predicted octanol–water partition coefficient (Wildman–Crippen LogP) is 2.36. The van der Waals surface area contributed by atoms with Crippen molar-refractivity contribution in [2.75, 3.05) is 51.7 Å². The molecule has 1 aromatic carbocycles. The number of rotatable bonds is 6. The zero-order valence-corrected chi connectivity index (χ0v) is 18.2. The second kappa shape index (κ2) is 10.3. The van der Waals surface area contributed by atoms with Gasteiger partial charge < -0.3 is 20.4 Å². The topological polar surface area (TPSA) is 55.8 Å². The fourth-order valence-electron chi connectivity index (χ4n) is 3.72. The van der Waals surface area contributed by atoms with Crippen LogP contribution >= 0.6 is 0 Å². The van der Waals surface area contributed by atoms with Gasteiger partial charge in [0.05, 0.1) is 0 Å². The largest absolute Gasteiger partial charge is 0.356 e. The van der Waals surface area contributed by atoms with Crippen molar-refractivity contribution in [1.29, 1.82) is 0 Å². The first-order valence-electron chi connectivity index (χ1n) is 10.4. The van der Waals surface area contributed by atoms with Gasteiger partial charge in [0, 0.05) is 52.5 Å². The van der Waals surface area contributed by atoms with E-state index in [1.54, 1.807) is 0 Å². The van der Waals surface area contributed by atoms with E-state index in [1.165, 1.54) is 22.3 Å². The number of aryl methyl sites for hydroxylation is 2. The molecule has 1 saturated heterocycles. The normalized spacial score (nSPS) is 15.4. The SMILES string of the molecule is CN=C(NCCc1cc(C)cc(C)c1)NCc1ccnc(N2CCN(C)CC2)c1. The molecule has 3 rings (SSSR count). The van der Waals surface area contributed by atoms with Gasteiger partial charge in [0.15, 0.2) is 5.96 Å². The number of benzene rings is 1. The number of piperazine rings is 1. The minimum atomic E-state index is 0.729. The molecule has 0 saturated carbocycles. The molecule has 1 aliphatic heterocycles. The molecule has 0 spiro atoms. The minimum absolute atomic E-state index is 0.729. The van der Waals surface area contributed by atoms with E-state index < -0.39 is 0 Å². The molecule has 156 valence electrons. The summed E-state index contributed by atoms with van der Waals surface area (Å²) in [4.78, 5) is 13.6. The van der Waals surface area contributed by atoms with Gasteiger partial charge >= 0.3 is 0 Å². The third-order valence-electron chi connectivity index (χ3n) is 5.31. The highest BCUT2D eigenvalue weighted by atomic mass is 15.3. The fourth-order valence-corrected chi connectivity index (χ4v) is 3.72. The Balaban J connectivity index is 1.48. The Morgan fingerprint density at radius 2 is 1.72 bits per heavy atom. The fraction of sp³-hybridized carbons (Fsp3) is 0.478. The van der Waals surface area contributed by atoms with Gasteiger partial charge in [0.25, 0.3) is 0 Å². The second-order valence-corrected chi connectivity index (χ2v) is 7.91. The summed E-state index contributed by atoms with van der Waals surface area (Å²) in [5.74, 6) is 1.89. The third kappa shape index (κ3) is 6.46. The van der Waals surface area contributed by atoms with Gasteiger partial charge in [-0.2, -0.15) is 0 Å². The van der Waals surface area contributed by atoms with Crippen molar-refractivity contribution < 1.29 is 0 Å². The number of nitrogens with one attached hydrogen (secondary N) is 2. The lowest BCUT2D eigenvalue weighted by molar-refractivity contribution is 0.312. The molecule has 2 N–H and O–H groups in total. The molecule has 2 heterocycles. The molecule has 0 aliphatic carbocycles. The maximum atomic E-state index is 4.57. The monoisotopic (exact) mass is 394 g/mol. The van der Waals surface area contributed by atoms with E-state index in [9.17, 15) is 0 Å². The number of hydrogen-bond donors (Lipinski definition) is 2. The van der Waals surface area contributed by atoms with E-state index in [0.717, 1.165) is 57.5 Å². The zero-order chi connectivity index (χ0) is 20.6. The number of guanidine groups is 1. The van der Waals surface area contributed by atoms with Gasteiger partial charge in [-0.1, -0.05) is 29.3 Å². The zero-order valence-electron chi connectivity index (χ0n) is 18.2. The Kier molecular flexibility index (Phi) is 7.47. The van der Waals surface area contributed by atoms with Crippen LogP contribution in [0, 0.1) is 13.8 Å². The molecule has 6 nitrogen and oxygen atoms in total. The van der Waals surface area contributed by atoms with Gasteiger partial charge in [0.2, 0.25) is 0 Å². The van der Waals surface area contributed by atoms with Crippen molar-refractivity contribution in [3.63, 3.8) is 0 Å². The summed E-state index contributed by atoms with van der Waals surface area (Å²) < 4.78 is 0. The van der Waals surface area contributed by atoms with Crippen LogP contribution in [-0.4, -0.2) is 62.7 Å². The number of nitrogens with zero attached hydrogens (tertiary/aromatic N) is 4. The summed E-state index contributed by atoms with van der Waals surface area (Å²) in [6.45, 7) is 10.1. The number of aromatic nitrogens is 1. The molecule has 1 fully saturated rings. The number of pyridine rings is 1. The Bertz CT molecular complexity index is 804. The van der Waals surface area contributed by atoms with Crippen LogP contribution in [0.4, 0.5) is 5.82 Å². The summed E-state index contributed by atoms with van der Waals surface area (Å²) in [5.41, 5.74) is 5.20. The molecule has 1 aromatic heterocycles. The van der Waals surface area contributed by atoms with Gasteiger partial charge in [-0.3, -0.25) is 4.99 Å². The number of hydrogen-bond acceptors (Lipinski definition) is 4. The quantitative estimate of drug-likeness (QED) is 0.582. The minimum Gasteiger partial charge on any atom is -0.356 e. The van der Waals surface area contributed by atoms with Crippen LogP contribution < -0.4 is 15.5 Å². The summed E-state index contributed by atoms with van der Waals surface area (Å²) in [6, 6.07) is 11.0. The smallest absolute Gasteiger partial charge is 0.191 e. The van der Waals surface area contributed by atoms with Gasteiger partial charge in [-0.25, -0.2) is 4.98 Å². The molecular formula is C23H34N6. The molecule has 0 amide bonds. The first-order valence-corrected chi connectivity index (χ1v) is 10.4. The average molecular weight is 395 g/mol. The highest BCUT2D eigenvalue weighted by Gasteiger charge is 2.15. The molecule has 0 atom stereocenters. The van der Waals surface area contributed by atoms with Crippen LogP contribution in [0.25, 0.3) is 0 Å². The number of aliphatic imine (C=N–C) groups is 1. The highest BCUT2D eigenvalue weighted by molar-refractivity contribution is 5.79. The Morgan fingerprint density at radius 1 is 1.00 bits per heavy atom. The molecular weight excluding hydrogens is 360 g/mol. The van der Waals surface area contributed by atoms with E-state index in [1.807, 2.05) is 13.2 Å².